The number of likely N-dealkylation sites (tertiary alicyclic amines) is 2. The predicted octanol–water partition coefficient (Wildman–Crippen LogP) is 5.02. The summed E-state index contributed by atoms with van der Waals surface area (Å²) in [6.45, 7) is 7.71. The number of anilines is 2. The highest BCUT2D eigenvalue weighted by Crippen LogP contribution is 2.33. The zero-order chi connectivity index (χ0) is 45.0. The number of aromatic amines is 2. The highest BCUT2D eigenvalue weighted by atomic mass is 19.1. The molecule has 338 valence electrons. The van der Waals surface area contributed by atoms with Crippen LogP contribution in [0.4, 0.5) is 15.8 Å². The number of aromatic nitrogens is 5. The molecule has 2 amide bonds. The monoisotopic (exact) mass is 881 g/mol. The van der Waals surface area contributed by atoms with Gasteiger partial charge in [0.1, 0.15) is 23.0 Å². The lowest BCUT2D eigenvalue weighted by Crippen LogP contribution is -2.44. The number of nitrogens with one attached hydrogen (secondary N) is 4. The van der Waals surface area contributed by atoms with Crippen molar-refractivity contribution in [2.45, 2.75) is 62.4 Å². The Morgan fingerprint density at radius 1 is 0.631 bits per heavy atom. The summed E-state index contributed by atoms with van der Waals surface area (Å²) >= 11 is 0. The number of pyridine rings is 3. The van der Waals surface area contributed by atoms with E-state index in [4.69, 9.17) is 0 Å². The molecule has 10 rings (SSSR count). The largest absolute Gasteiger partial charge is 0.370 e. The molecule has 0 spiro atoms. The number of benzene rings is 2. The SMILES string of the molecule is CNC(=O)c1ccc(N2CCC(N3CCC(c4cc5ccccc5c(=O)[nH]4)C3)CC2)cn1.CNC(=O)c1ccc(N2CCC(N3CCC(c4nc5cc(F)ccc5c(=O)[nH]4)C3)CC2)cn1. The smallest absolute Gasteiger partial charge is 0.269 e. The molecule has 4 aliphatic rings. The van der Waals surface area contributed by atoms with E-state index < -0.39 is 0 Å². The van der Waals surface area contributed by atoms with Gasteiger partial charge < -0.3 is 30.4 Å². The quantitative estimate of drug-likeness (QED) is 0.162. The van der Waals surface area contributed by atoms with Crippen molar-refractivity contribution in [1.29, 1.82) is 0 Å². The molecular formula is C49H56FN11O4. The van der Waals surface area contributed by atoms with Gasteiger partial charge in [0, 0.05) is 94.4 Å². The van der Waals surface area contributed by atoms with Gasteiger partial charge in [0.05, 0.1) is 34.7 Å². The van der Waals surface area contributed by atoms with E-state index in [0.717, 1.165) is 119 Å². The topological polar surface area (TPSA) is 176 Å². The molecule has 4 aromatic heterocycles. The first-order valence-electron chi connectivity index (χ1n) is 22.8. The van der Waals surface area contributed by atoms with Gasteiger partial charge in [0.2, 0.25) is 0 Å². The van der Waals surface area contributed by atoms with Gasteiger partial charge in [-0.1, -0.05) is 18.2 Å². The Hall–Kier alpha value is -6.52. The minimum Gasteiger partial charge on any atom is -0.370 e. The number of amides is 2. The summed E-state index contributed by atoms with van der Waals surface area (Å²) in [5.74, 6) is 0.449. The average molecular weight is 882 g/mol. The van der Waals surface area contributed by atoms with E-state index in [1.54, 1.807) is 38.6 Å². The van der Waals surface area contributed by atoms with Crippen LogP contribution in [-0.2, 0) is 0 Å². The molecule has 6 aromatic rings. The van der Waals surface area contributed by atoms with Gasteiger partial charge >= 0.3 is 0 Å². The molecule has 4 N–H and O–H groups in total. The Bertz CT molecular complexity index is 2770. The second-order valence-electron chi connectivity index (χ2n) is 17.6. The van der Waals surface area contributed by atoms with E-state index in [0.29, 0.717) is 46.1 Å². The number of nitrogens with zero attached hydrogens (tertiary/aromatic N) is 7. The van der Waals surface area contributed by atoms with E-state index in [-0.39, 0.29) is 34.7 Å². The molecule has 0 radical (unpaired) electrons. The summed E-state index contributed by atoms with van der Waals surface area (Å²) in [5, 5.41) is 7.39. The number of piperidine rings is 2. The number of hydrogen-bond donors (Lipinski definition) is 4. The molecule has 0 aliphatic carbocycles. The molecule has 15 nitrogen and oxygen atoms in total. The van der Waals surface area contributed by atoms with E-state index in [1.165, 1.54) is 18.2 Å². The highest BCUT2D eigenvalue weighted by molar-refractivity contribution is 5.92. The molecule has 2 atom stereocenters. The number of H-pyrrole nitrogens is 2. The molecule has 65 heavy (non-hydrogen) atoms. The van der Waals surface area contributed by atoms with Crippen LogP contribution in [0.15, 0.2) is 94.8 Å². The van der Waals surface area contributed by atoms with Gasteiger partial charge in [0.25, 0.3) is 22.9 Å². The minimum absolute atomic E-state index is 0.0147. The maximum atomic E-state index is 13.6. The van der Waals surface area contributed by atoms with E-state index >= 15 is 0 Å². The predicted molar refractivity (Wildman–Crippen MR) is 250 cm³/mol. The molecule has 4 fully saturated rings. The molecule has 8 heterocycles. The average Bonchev–Trinajstić information content (AvgIpc) is 4.06. The summed E-state index contributed by atoms with van der Waals surface area (Å²) in [5.41, 5.74) is 4.25. The fraction of sp³-hybridized carbons (Fsp3) is 0.408. The third kappa shape index (κ3) is 9.64. The zero-order valence-corrected chi connectivity index (χ0v) is 36.9. The van der Waals surface area contributed by atoms with Crippen LogP contribution in [-0.4, -0.2) is 125 Å². The number of carbonyl (C=O) groups excluding carboxylic acids is 2. The van der Waals surface area contributed by atoms with Crippen LogP contribution in [0.2, 0.25) is 0 Å². The Morgan fingerprint density at radius 3 is 1.75 bits per heavy atom. The summed E-state index contributed by atoms with van der Waals surface area (Å²) in [7, 11) is 3.21. The van der Waals surface area contributed by atoms with Crippen LogP contribution in [0.5, 0.6) is 0 Å². The van der Waals surface area contributed by atoms with E-state index in [1.807, 2.05) is 36.4 Å². The fourth-order valence-electron chi connectivity index (χ4n) is 10.1. The molecule has 2 aromatic carbocycles. The number of hydrogen-bond acceptors (Lipinski definition) is 11. The van der Waals surface area contributed by atoms with Gasteiger partial charge in [-0.3, -0.25) is 29.0 Å². The van der Waals surface area contributed by atoms with Crippen molar-refractivity contribution in [3.05, 3.63) is 135 Å². The third-order valence-corrected chi connectivity index (χ3v) is 13.8. The van der Waals surface area contributed by atoms with Gasteiger partial charge in [-0.15, -0.1) is 0 Å². The summed E-state index contributed by atoms with van der Waals surface area (Å²) < 4.78 is 13.6. The van der Waals surface area contributed by atoms with Crippen molar-refractivity contribution < 1.29 is 14.0 Å². The van der Waals surface area contributed by atoms with Gasteiger partial charge in [-0.2, -0.15) is 0 Å². The van der Waals surface area contributed by atoms with Crippen molar-refractivity contribution >= 4 is 44.9 Å². The molecule has 0 bridgehead atoms. The second kappa shape index (κ2) is 19.3. The van der Waals surface area contributed by atoms with Crippen molar-refractivity contribution in [2.75, 3.05) is 76.3 Å². The minimum atomic E-state index is -0.384. The van der Waals surface area contributed by atoms with Crippen molar-refractivity contribution in [1.82, 2.24) is 45.4 Å². The maximum absolute atomic E-state index is 13.6. The van der Waals surface area contributed by atoms with Gasteiger partial charge in [0.15, 0.2) is 0 Å². The zero-order valence-electron chi connectivity index (χ0n) is 36.9. The Labute approximate surface area is 376 Å². The summed E-state index contributed by atoms with van der Waals surface area (Å²) in [4.78, 5) is 77.2. The first kappa shape index (κ1) is 43.7. The molecule has 2 unspecified atom stereocenters. The summed E-state index contributed by atoms with van der Waals surface area (Å²) in [6, 6.07) is 22.6. The summed E-state index contributed by atoms with van der Waals surface area (Å²) in [6.07, 6.45) is 9.87. The van der Waals surface area contributed by atoms with Crippen molar-refractivity contribution in [3.63, 3.8) is 0 Å². The first-order valence-corrected chi connectivity index (χ1v) is 22.8. The lowest BCUT2D eigenvalue weighted by atomic mass is 10.0. The lowest BCUT2D eigenvalue weighted by Gasteiger charge is -2.37. The van der Waals surface area contributed by atoms with Crippen LogP contribution in [0.1, 0.15) is 82.9 Å². The second-order valence-corrected chi connectivity index (χ2v) is 17.6. The molecule has 4 saturated heterocycles. The third-order valence-electron chi connectivity index (χ3n) is 13.8. The molecular weight excluding hydrogens is 826 g/mol. The van der Waals surface area contributed by atoms with Crippen LogP contribution < -0.4 is 31.6 Å². The van der Waals surface area contributed by atoms with E-state index in [2.05, 4.69) is 61.2 Å². The normalized spacial score (nSPS) is 19.9. The van der Waals surface area contributed by atoms with Gasteiger partial charge in [-0.05, 0) is 106 Å². The highest BCUT2D eigenvalue weighted by Gasteiger charge is 2.34. The van der Waals surface area contributed by atoms with Crippen LogP contribution in [0.3, 0.4) is 0 Å². The lowest BCUT2D eigenvalue weighted by molar-refractivity contribution is 0.0950. The van der Waals surface area contributed by atoms with E-state index in [9.17, 15) is 23.6 Å². The van der Waals surface area contributed by atoms with Crippen LogP contribution in [0.25, 0.3) is 21.7 Å². The fourth-order valence-corrected chi connectivity index (χ4v) is 10.1. The maximum Gasteiger partial charge on any atom is 0.269 e. The van der Waals surface area contributed by atoms with Crippen LogP contribution in [0, 0.1) is 5.82 Å². The first-order chi connectivity index (χ1) is 31.6. The van der Waals surface area contributed by atoms with Crippen LogP contribution >= 0.6 is 0 Å². The molecule has 0 saturated carbocycles. The Morgan fingerprint density at radius 2 is 1.18 bits per heavy atom. The number of carbonyl (C=O) groups is 2. The Kier molecular flexibility index (Phi) is 13.0. The standard InChI is InChI=1S/C25H29N5O2.C24H27FN6O2/c1-26-25(32)22-7-6-20(15-27-22)29-12-9-19(10-13-29)30-11-8-18(16-30)23-14-17-4-2-3-5-21(17)24(31)28-23;1-26-24(33)20-5-3-18(13-27-20)30-10-7-17(8-11-30)31-9-6-15(14-31)22-28-21-12-16(25)2-4-19(21)23(32)29-22/h2-7,14-15,18-19H,8-13,16H2,1H3,(H,26,32)(H,28,31);2-5,12-13,15,17H,6-11,14H2,1H3,(H,26,33)(H,28,29,32). The number of halogens is 1. The number of fused-ring (bicyclic) bond motifs is 2. The Balaban J connectivity index is 0.000000164. The van der Waals surface area contributed by atoms with Crippen molar-refractivity contribution in [3.8, 4) is 0 Å². The number of rotatable bonds is 8. The molecule has 4 aliphatic heterocycles. The molecule has 16 heteroatoms. The van der Waals surface area contributed by atoms with Crippen molar-refractivity contribution in [2.24, 2.45) is 0 Å². The van der Waals surface area contributed by atoms with Gasteiger partial charge in [-0.25, -0.2) is 19.3 Å².